The van der Waals surface area contributed by atoms with Crippen molar-refractivity contribution in [3.05, 3.63) is 33.3 Å². The van der Waals surface area contributed by atoms with E-state index >= 15 is 0 Å². The monoisotopic (exact) mass is 267 g/mol. The highest BCUT2D eigenvalue weighted by Crippen LogP contribution is 2.47. The van der Waals surface area contributed by atoms with Crippen molar-refractivity contribution in [2.75, 3.05) is 6.54 Å². The second-order valence-electron chi connectivity index (χ2n) is 4.92. The topological polar surface area (TPSA) is 26.0 Å². The molecular weight excluding hydrogens is 250 g/mol. The molecule has 1 aromatic rings. The van der Waals surface area contributed by atoms with E-state index < -0.39 is 0 Å². The Balaban J connectivity index is 2.23. The van der Waals surface area contributed by atoms with Crippen molar-refractivity contribution >= 4 is 15.9 Å². The van der Waals surface area contributed by atoms with E-state index in [1.165, 1.54) is 34.0 Å². The van der Waals surface area contributed by atoms with Crippen molar-refractivity contribution in [2.45, 2.75) is 33.1 Å². The van der Waals surface area contributed by atoms with Crippen LogP contribution in [0.2, 0.25) is 0 Å². The van der Waals surface area contributed by atoms with Gasteiger partial charge in [0.15, 0.2) is 0 Å². The molecule has 1 nitrogen and oxygen atoms in total. The minimum Gasteiger partial charge on any atom is -0.330 e. The van der Waals surface area contributed by atoms with Gasteiger partial charge in [0.1, 0.15) is 0 Å². The highest BCUT2D eigenvalue weighted by atomic mass is 79.9. The summed E-state index contributed by atoms with van der Waals surface area (Å²) >= 11 is 3.60. The summed E-state index contributed by atoms with van der Waals surface area (Å²) in [6.45, 7) is 5.15. The second-order valence-corrected chi connectivity index (χ2v) is 5.72. The second kappa shape index (κ2) is 3.91. The number of nitrogens with two attached hydrogens (primary N) is 1. The smallest absolute Gasteiger partial charge is 0.0233 e. The molecule has 0 aromatic heterocycles. The zero-order valence-corrected chi connectivity index (χ0v) is 11.0. The maximum absolute atomic E-state index is 5.81. The zero-order valence-electron chi connectivity index (χ0n) is 9.44. The molecule has 0 amide bonds. The van der Waals surface area contributed by atoms with Crippen LogP contribution in [0.3, 0.4) is 0 Å². The van der Waals surface area contributed by atoms with Crippen LogP contribution in [0.15, 0.2) is 16.6 Å². The third-order valence-electron chi connectivity index (χ3n) is 3.47. The highest BCUT2D eigenvalue weighted by molar-refractivity contribution is 9.10. The number of benzene rings is 1. The van der Waals surface area contributed by atoms with E-state index in [0.29, 0.717) is 5.41 Å². The average Bonchev–Trinajstić information content (AvgIpc) is 2.95. The third-order valence-corrected chi connectivity index (χ3v) is 4.72. The maximum atomic E-state index is 5.81. The van der Waals surface area contributed by atoms with Gasteiger partial charge in [0.25, 0.3) is 0 Å². The van der Waals surface area contributed by atoms with Crippen molar-refractivity contribution in [1.82, 2.24) is 0 Å². The van der Waals surface area contributed by atoms with E-state index in [1.807, 2.05) is 0 Å². The van der Waals surface area contributed by atoms with E-state index in [1.54, 1.807) is 0 Å². The van der Waals surface area contributed by atoms with Gasteiger partial charge in [-0.05, 0) is 61.8 Å². The van der Waals surface area contributed by atoms with E-state index in [2.05, 4.69) is 41.9 Å². The Labute approximate surface area is 100 Å². The van der Waals surface area contributed by atoms with Gasteiger partial charge in [0, 0.05) is 4.47 Å². The lowest BCUT2D eigenvalue weighted by atomic mass is 9.94. The fourth-order valence-electron chi connectivity index (χ4n) is 2.20. The van der Waals surface area contributed by atoms with Crippen molar-refractivity contribution in [1.29, 1.82) is 0 Å². The van der Waals surface area contributed by atoms with Crippen molar-refractivity contribution < 1.29 is 0 Å². The lowest BCUT2D eigenvalue weighted by molar-refractivity contribution is 0.521. The van der Waals surface area contributed by atoms with Crippen LogP contribution in [-0.4, -0.2) is 6.54 Å². The van der Waals surface area contributed by atoms with Crippen LogP contribution in [0.4, 0.5) is 0 Å². The summed E-state index contributed by atoms with van der Waals surface area (Å²) in [4.78, 5) is 0. The van der Waals surface area contributed by atoms with Crippen LogP contribution < -0.4 is 5.73 Å². The summed E-state index contributed by atoms with van der Waals surface area (Å²) in [5.74, 6) is 0. The molecule has 0 radical (unpaired) electrons. The molecule has 15 heavy (non-hydrogen) atoms. The van der Waals surface area contributed by atoms with Gasteiger partial charge in [-0.2, -0.15) is 0 Å². The van der Waals surface area contributed by atoms with Crippen LogP contribution in [-0.2, 0) is 6.42 Å². The molecule has 2 rings (SSSR count). The molecule has 0 heterocycles. The lowest BCUT2D eigenvalue weighted by Crippen LogP contribution is -2.18. The first-order valence-corrected chi connectivity index (χ1v) is 6.31. The first-order chi connectivity index (χ1) is 7.06. The quantitative estimate of drug-likeness (QED) is 0.893. The van der Waals surface area contributed by atoms with Gasteiger partial charge in [-0.25, -0.2) is 0 Å². The number of hydrogen-bond donors (Lipinski definition) is 1. The zero-order chi connectivity index (χ0) is 11.1. The van der Waals surface area contributed by atoms with Gasteiger partial charge in [-0.1, -0.05) is 28.1 Å². The molecule has 0 atom stereocenters. The molecule has 1 aliphatic carbocycles. The number of hydrogen-bond acceptors (Lipinski definition) is 1. The summed E-state index contributed by atoms with van der Waals surface area (Å²) < 4.78 is 1.24. The lowest BCUT2D eigenvalue weighted by Gasteiger charge is -2.14. The van der Waals surface area contributed by atoms with Gasteiger partial charge >= 0.3 is 0 Å². The molecule has 0 aliphatic heterocycles. The first-order valence-electron chi connectivity index (χ1n) is 5.52. The molecule has 82 valence electrons. The average molecular weight is 268 g/mol. The Hall–Kier alpha value is -0.340. The number of rotatable bonds is 3. The van der Waals surface area contributed by atoms with Crippen LogP contribution >= 0.6 is 15.9 Å². The standard InChI is InChI=1S/C13H18BrN/c1-9-5-11(6-10(2)12(9)14)7-13(8-15)3-4-13/h5-6H,3-4,7-8,15H2,1-2H3. The van der Waals surface area contributed by atoms with Crippen molar-refractivity contribution in [2.24, 2.45) is 11.1 Å². The Morgan fingerprint density at radius 3 is 2.20 bits per heavy atom. The number of halogens is 1. The number of aryl methyl sites for hydroxylation is 2. The SMILES string of the molecule is Cc1cc(CC2(CN)CC2)cc(C)c1Br. The molecule has 0 saturated heterocycles. The van der Waals surface area contributed by atoms with Crippen LogP contribution in [0.5, 0.6) is 0 Å². The van der Waals surface area contributed by atoms with Crippen molar-refractivity contribution in [3.63, 3.8) is 0 Å². The fraction of sp³-hybridized carbons (Fsp3) is 0.538. The summed E-state index contributed by atoms with van der Waals surface area (Å²) in [5, 5.41) is 0. The largest absolute Gasteiger partial charge is 0.330 e. The summed E-state index contributed by atoms with van der Waals surface area (Å²) in [7, 11) is 0. The molecule has 2 N–H and O–H groups in total. The van der Waals surface area contributed by atoms with Gasteiger partial charge < -0.3 is 5.73 Å². The predicted octanol–water partition coefficient (Wildman–Crippen LogP) is 3.35. The molecule has 0 unspecified atom stereocenters. The van der Waals surface area contributed by atoms with Gasteiger partial charge in [-0.3, -0.25) is 0 Å². The summed E-state index contributed by atoms with van der Waals surface area (Å²) in [6, 6.07) is 4.57. The van der Waals surface area contributed by atoms with E-state index in [-0.39, 0.29) is 0 Å². The Morgan fingerprint density at radius 2 is 1.80 bits per heavy atom. The molecule has 0 bridgehead atoms. The van der Waals surface area contributed by atoms with E-state index in [9.17, 15) is 0 Å². The predicted molar refractivity (Wildman–Crippen MR) is 68.0 cm³/mol. The van der Waals surface area contributed by atoms with Crippen LogP contribution in [0, 0.1) is 19.3 Å². The Kier molecular flexibility index (Phi) is 2.91. The molecule has 1 aliphatic rings. The normalized spacial score (nSPS) is 17.9. The third kappa shape index (κ3) is 2.26. The first kappa shape index (κ1) is 11.2. The maximum Gasteiger partial charge on any atom is 0.0233 e. The molecule has 2 heteroatoms. The minimum atomic E-state index is 0.437. The highest BCUT2D eigenvalue weighted by Gasteiger charge is 2.40. The van der Waals surface area contributed by atoms with Gasteiger partial charge in [-0.15, -0.1) is 0 Å². The molecule has 1 fully saturated rings. The van der Waals surface area contributed by atoms with Crippen LogP contribution in [0.1, 0.15) is 29.5 Å². The molecule has 1 aromatic carbocycles. The summed E-state index contributed by atoms with van der Waals surface area (Å²) in [6.07, 6.45) is 3.76. The molecule has 1 saturated carbocycles. The van der Waals surface area contributed by atoms with E-state index in [4.69, 9.17) is 5.73 Å². The molecular formula is C13H18BrN. The van der Waals surface area contributed by atoms with Crippen LogP contribution in [0.25, 0.3) is 0 Å². The molecule has 0 spiro atoms. The Morgan fingerprint density at radius 1 is 1.27 bits per heavy atom. The van der Waals surface area contributed by atoms with Gasteiger partial charge in [0.2, 0.25) is 0 Å². The van der Waals surface area contributed by atoms with Gasteiger partial charge in [0.05, 0.1) is 0 Å². The Bertz CT molecular complexity index is 357. The fourth-order valence-corrected chi connectivity index (χ4v) is 2.43. The van der Waals surface area contributed by atoms with Crippen molar-refractivity contribution in [3.8, 4) is 0 Å². The minimum absolute atomic E-state index is 0.437. The van der Waals surface area contributed by atoms with E-state index in [0.717, 1.165) is 13.0 Å². The summed E-state index contributed by atoms with van der Waals surface area (Å²) in [5.41, 5.74) is 10.4.